The van der Waals surface area contributed by atoms with Crippen molar-refractivity contribution in [2.45, 2.75) is 31.1 Å². The van der Waals surface area contributed by atoms with E-state index in [0.29, 0.717) is 23.0 Å². The molecule has 2 unspecified atom stereocenters. The van der Waals surface area contributed by atoms with Gasteiger partial charge in [-0.25, -0.2) is 4.79 Å². The van der Waals surface area contributed by atoms with E-state index in [1.54, 1.807) is 30.3 Å². The number of amides is 1. The van der Waals surface area contributed by atoms with Gasteiger partial charge in [-0.15, -0.1) is 0 Å². The Labute approximate surface area is 157 Å². The number of benzene rings is 2. The van der Waals surface area contributed by atoms with Crippen LogP contribution in [-0.4, -0.2) is 31.0 Å². The van der Waals surface area contributed by atoms with Crippen LogP contribution >= 0.6 is 0 Å². The molecule has 0 aromatic heterocycles. The van der Waals surface area contributed by atoms with Crippen LogP contribution in [0, 0.1) is 0 Å². The molecule has 28 heavy (non-hydrogen) atoms. The Balaban J connectivity index is 1.76. The molecule has 0 spiro atoms. The average molecular weight is 397 g/mol. The molecule has 1 N–H and O–H groups in total. The molecule has 1 aliphatic rings. The van der Waals surface area contributed by atoms with Crippen LogP contribution in [0.3, 0.4) is 0 Å². The average Bonchev–Trinajstić information content (AvgIpc) is 3.01. The number of hydrogen-bond donors (Lipinski definition) is 1. The van der Waals surface area contributed by atoms with Crippen LogP contribution in [0.5, 0.6) is 5.75 Å². The van der Waals surface area contributed by atoms with Crippen molar-refractivity contribution in [3.63, 3.8) is 0 Å². The topological polar surface area (TPSA) is 64.6 Å². The Kier molecular flexibility index (Phi) is 5.53. The van der Waals surface area contributed by atoms with Gasteiger partial charge in [0.15, 0.2) is 0 Å². The Morgan fingerprint density at radius 2 is 1.89 bits per heavy atom. The zero-order chi connectivity index (χ0) is 20.3. The number of alkyl halides is 4. The number of aldehydes is 1. The van der Waals surface area contributed by atoms with E-state index in [2.05, 4.69) is 10.1 Å². The first-order valence-electron chi connectivity index (χ1n) is 8.24. The zero-order valence-corrected chi connectivity index (χ0v) is 14.3. The molecule has 3 rings (SSSR count). The van der Waals surface area contributed by atoms with Crippen LogP contribution in [0.25, 0.3) is 0 Å². The Bertz CT molecular complexity index is 857. The maximum atomic E-state index is 13.1. The van der Waals surface area contributed by atoms with Gasteiger partial charge in [-0.05, 0) is 29.7 Å². The largest absolute Gasteiger partial charge is 0.461 e. The summed E-state index contributed by atoms with van der Waals surface area (Å²) in [6.07, 6.45) is -9.01. The van der Waals surface area contributed by atoms with E-state index < -0.39 is 36.5 Å². The fraction of sp³-hybridized carbons (Fsp3) is 0.263. The molecule has 2 aromatic carbocycles. The highest BCUT2D eigenvalue weighted by Crippen LogP contribution is 2.31. The van der Waals surface area contributed by atoms with Gasteiger partial charge in [-0.3, -0.25) is 4.79 Å². The van der Waals surface area contributed by atoms with Gasteiger partial charge in [0.05, 0.1) is 6.04 Å². The second-order valence-corrected chi connectivity index (χ2v) is 6.18. The van der Waals surface area contributed by atoms with Crippen molar-refractivity contribution in [3.05, 3.63) is 65.2 Å². The summed E-state index contributed by atoms with van der Waals surface area (Å²) < 4.78 is 60.1. The summed E-state index contributed by atoms with van der Waals surface area (Å²) in [5.41, 5.74) is 1.58. The van der Waals surface area contributed by atoms with Gasteiger partial charge in [-0.1, -0.05) is 36.4 Å². The molecule has 0 saturated carbocycles. The fourth-order valence-electron chi connectivity index (χ4n) is 2.87. The number of halogens is 4. The molecule has 0 bridgehead atoms. The van der Waals surface area contributed by atoms with Gasteiger partial charge < -0.3 is 14.8 Å². The number of hydrogen-bond acceptors (Lipinski definition) is 4. The minimum atomic E-state index is -4.60. The Hall–Kier alpha value is -3.10. The van der Waals surface area contributed by atoms with Crippen molar-refractivity contribution in [1.29, 1.82) is 0 Å². The highest BCUT2D eigenvalue weighted by Gasteiger charge is 2.44. The maximum Gasteiger partial charge on any atom is 0.461 e. The third-order valence-corrected chi connectivity index (χ3v) is 4.17. The van der Waals surface area contributed by atoms with Gasteiger partial charge in [0.25, 0.3) is 0 Å². The van der Waals surface area contributed by atoms with Crippen molar-refractivity contribution in [3.8, 4) is 5.75 Å². The highest BCUT2D eigenvalue weighted by atomic mass is 19.3. The van der Waals surface area contributed by atoms with Crippen molar-refractivity contribution < 1.29 is 36.6 Å². The lowest BCUT2D eigenvalue weighted by molar-refractivity contribution is -0.253. The van der Waals surface area contributed by atoms with Gasteiger partial charge in [-0.2, -0.15) is 17.6 Å². The number of nitrogens with one attached hydrogen (secondary N) is 1. The first kappa shape index (κ1) is 19.7. The second-order valence-electron chi connectivity index (χ2n) is 6.18. The van der Waals surface area contributed by atoms with Crippen LogP contribution in [-0.2, 0) is 11.2 Å². The maximum absolute atomic E-state index is 13.1. The van der Waals surface area contributed by atoms with Crippen LogP contribution in [0.1, 0.15) is 27.6 Å². The first-order chi connectivity index (χ1) is 13.3. The van der Waals surface area contributed by atoms with Crippen LogP contribution in [0.2, 0.25) is 0 Å². The molecule has 2 atom stereocenters. The van der Waals surface area contributed by atoms with Crippen LogP contribution < -0.4 is 10.1 Å². The zero-order valence-electron chi connectivity index (χ0n) is 14.3. The number of ether oxygens (including phenoxy) is 2. The van der Waals surface area contributed by atoms with Crippen LogP contribution in [0.15, 0.2) is 48.5 Å². The standard InChI is InChI=1S/C19H15F4NO4/c20-17(21)19(22,23)28-14-3-1-2-12(8-14)9-15-16(27-18(26)24-15)13-6-4-11(10-25)5-7-13/h1-8,10,15-17H,9H2,(H,24,26). The predicted molar refractivity (Wildman–Crippen MR) is 89.7 cm³/mol. The molecule has 1 saturated heterocycles. The first-order valence-corrected chi connectivity index (χ1v) is 8.24. The molecular weight excluding hydrogens is 382 g/mol. The summed E-state index contributed by atoms with van der Waals surface area (Å²) in [7, 11) is 0. The van der Waals surface area contributed by atoms with Crippen molar-refractivity contribution in [2.75, 3.05) is 0 Å². The minimum Gasteiger partial charge on any atom is -0.439 e. The number of cyclic esters (lactones) is 1. The summed E-state index contributed by atoms with van der Waals surface area (Å²) in [5.74, 6) is -0.417. The fourth-order valence-corrected chi connectivity index (χ4v) is 2.87. The molecule has 148 valence electrons. The molecular formula is C19H15F4NO4. The van der Waals surface area contributed by atoms with Crippen molar-refractivity contribution >= 4 is 12.4 Å². The monoisotopic (exact) mass is 397 g/mol. The number of carbonyl (C=O) groups excluding carboxylic acids is 2. The molecule has 1 heterocycles. The second kappa shape index (κ2) is 7.87. The van der Waals surface area contributed by atoms with E-state index in [1.807, 2.05) is 0 Å². The molecule has 0 radical (unpaired) electrons. The number of rotatable bonds is 7. The summed E-state index contributed by atoms with van der Waals surface area (Å²) in [6.45, 7) is 0. The summed E-state index contributed by atoms with van der Waals surface area (Å²) in [5, 5.41) is 2.63. The van der Waals surface area contributed by atoms with E-state index in [4.69, 9.17) is 4.74 Å². The Morgan fingerprint density at radius 1 is 1.18 bits per heavy atom. The van der Waals surface area contributed by atoms with Gasteiger partial charge >= 0.3 is 18.6 Å². The molecule has 2 aromatic rings. The van der Waals surface area contributed by atoms with Gasteiger partial charge in [0.1, 0.15) is 18.1 Å². The number of carbonyl (C=O) groups is 2. The SMILES string of the molecule is O=Cc1ccc(C2OC(=O)NC2Cc2cccc(OC(F)(F)C(F)F)c2)cc1. The van der Waals surface area contributed by atoms with Gasteiger partial charge in [0.2, 0.25) is 0 Å². The molecule has 0 aliphatic carbocycles. The lowest BCUT2D eigenvalue weighted by Crippen LogP contribution is -2.33. The highest BCUT2D eigenvalue weighted by molar-refractivity contribution is 5.75. The molecule has 9 heteroatoms. The van der Waals surface area contributed by atoms with E-state index in [-0.39, 0.29) is 6.42 Å². The van der Waals surface area contributed by atoms with Crippen LogP contribution in [0.4, 0.5) is 22.4 Å². The van der Waals surface area contributed by atoms with E-state index >= 15 is 0 Å². The molecule has 1 fully saturated rings. The number of alkyl carbamates (subject to hydrolysis) is 1. The van der Waals surface area contributed by atoms with Crippen molar-refractivity contribution in [1.82, 2.24) is 5.32 Å². The van der Waals surface area contributed by atoms with E-state index in [0.717, 1.165) is 6.07 Å². The summed E-state index contributed by atoms with van der Waals surface area (Å²) in [4.78, 5) is 22.4. The normalized spacial score (nSPS) is 19.2. The quantitative estimate of drug-likeness (QED) is 0.564. The summed E-state index contributed by atoms with van der Waals surface area (Å²) in [6, 6.07) is 11.2. The lowest BCUT2D eigenvalue weighted by Gasteiger charge is -2.19. The minimum absolute atomic E-state index is 0.184. The smallest absolute Gasteiger partial charge is 0.439 e. The summed E-state index contributed by atoms with van der Waals surface area (Å²) >= 11 is 0. The third-order valence-electron chi connectivity index (χ3n) is 4.17. The third kappa shape index (κ3) is 4.41. The Morgan fingerprint density at radius 3 is 2.54 bits per heavy atom. The van der Waals surface area contributed by atoms with Gasteiger partial charge in [0, 0.05) is 5.56 Å². The molecule has 5 nitrogen and oxygen atoms in total. The molecule has 1 amide bonds. The lowest BCUT2D eigenvalue weighted by atomic mass is 9.96. The molecule has 1 aliphatic heterocycles. The predicted octanol–water partition coefficient (Wildman–Crippen LogP) is 4.13. The van der Waals surface area contributed by atoms with E-state index in [1.165, 1.54) is 12.1 Å². The van der Waals surface area contributed by atoms with E-state index in [9.17, 15) is 27.2 Å². The van der Waals surface area contributed by atoms with Crippen molar-refractivity contribution in [2.24, 2.45) is 0 Å².